The monoisotopic (exact) mass is 431 g/mol. The summed E-state index contributed by atoms with van der Waals surface area (Å²) in [5, 5.41) is 0. The van der Waals surface area contributed by atoms with Crippen LogP contribution in [0.5, 0.6) is 11.5 Å². The van der Waals surface area contributed by atoms with E-state index in [2.05, 4.69) is 0 Å². The van der Waals surface area contributed by atoms with E-state index in [-0.39, 0.29) is 18.3 Å². The van der Waals surface area contributed by atoms with Crippen molar-refractivity contribution in [2.45, 2.75) is 76.6 Å². The number of likely N-dealkylation sites (tertiary alicyclic amines) is 1. The average Bonchev–Trinajstić information content (AvgIpc) is 3.32. The number of amides is 1. The van der Waals surface area contributed by atoms with E-state index in [0.717, 1.165) is 31.2 Å². The fourth-order valence-corrected chi connectivity index (χ4v) is 4.37. The van der Waals surface area contributed by atoms with Gasteiger partial charge in [-0.1, -0.05) is 6.07 Å². The van der Waals surface area contributed by atoms with Crippen LogP contribution >= 0.6 is 0 Å². The molecule has 2 fully saturated rings. The molecule has 7 nitrogen and oxygen atoms in total. The molecule has 0 bridgehead atoms. The van der Waals surface area contributed by atoms with Crippen LogP contribution in [-0.2, 0) is 14.3 Å². The van der Waals surface area contributed by atoms with E-state index in [1.807, 2.05) is 31.1 Å². The first-order valence-corrected chi connectivity index (χ1v) is 10.8. The minimum atomic E-state index is -0.830. The summed E-state index contributed by atoms with van der Waals surface area (Å²) in [6.45, 7) is 7.41. The zero-order valence-electron chi connectivity index (χ0n) is 19.3. The van der Waals surface area contributed by atoms with Crippen molar-refractivity contribution in [3.8, 4) is 11.5 Å². The third-order valence-electron chi connectivity index (χ3n) is 5.95. The molecule has 2 unspecified atom stereocenters. The maximum atomic E-state index is 12.8. The van der Waals surface area contributed by atoms with Crippen LogP contribution in [0, 0.1) is 0 Å². The van der Waals surface area contributed by atoms with Gasteiger partial charge in [0.1, 0.15) is 17.2 Å². The minimum absolute atomic E-state index is 0.154. The lowest BCUT2D eigenvalue weighted by molar-refractivity contribution is -0.00527. The van der Waals surface area contributed by atoms with Gasteiger partial charge in [0.05, 0.1) is 31.3 Å². The predicted molar refractivity (Wildman–Crippen MR) is 116 cm³/mol. The molecule has 0 spiro atoms. The summed E-state index contributed by atoms with van der Waals surface area (Å²) in [7, 11) is 3.18. The Morgan fingerprint density at radius 1 is 1.16 bits per heavy atom. The van der Waals surface area contributed by atoms with Gasteiger partial charge in [-0.3, -0.25) is 4.90 Å². The van der Waals surface area contributed by atoms with Gasteiger partial charge in [-0.05, 0) is 71.1 Å². The first-order valence-electron chi connectivity index (χ1n) is 10.8. The third kappa shape index (κ3) is 4.89. The quantitative estimate of drug-likeness (QED) is 0.641. The second kappa shape index (κ2) is 8.93. The molecule has 1 amide bonds. The number of hydrogen-bond acceptors (Lipinski definition) is 6. The Labute approximate surface area is 184 Å². The van der Waals surface area contributed by atoms with E-state index in [1.54, 1.807) is 35.0 Å². The number of nitrogens with zero attached hydrogens (tertiary/aromatic N) is 1. The van der Waals surface area contributed by atoms with Crippen molar-refractivity contribution in [2.75, 3.05) is 20.8 Å². The number of hydrogen-bond donors (Lipinski definition) is 0. The molecule has 2 aliphatic rings. The molecule has 170 valence electrons. The molecule has 2 atom stereocenters. The molecule has 1 saturated carbocycles. The lowest BCUT2D eigenvalue weighted by Gasteiger charge is -2.29. The predicted octanol–water partition coefficient (Wildman–Crippen LogP) is 4.47. The summed E-state index contributed by atoms with van der Waals surface area (Å²) in [5.74, 6) is 2.73. The second-order valence-corrected chi connectivity index (χ2v) is 9.44. The molecule has 3 rings (SSSR count). The number of carbonyl (C=O) groups is 1. The van der Waals surface area contributed by atoms with Crippen LogP contribution in [0.4, 0.5) is 4.79 Å². The highest BCUT2D eigenvalue weighted by Crippen LogP contribution is 2.47. The van der Waals surface area contributed by atoms with E-state index < -0.39 is 23.2 Å². The number of benzene rings is 1. The van der Waals surface area contributed by atoms with Gasteiger partial charge in [-0.2, -0.15) is 0 Å². The zero-order valence-corrected chi connectivity index (χ0v) is 19.3. The first-order chi connectivity index (χ1) is 14.6. The van der Waals surface area contributed by atoms with Crippen molar-refractivity contribution < 1.29 is 28.5 Å². The van der Waals surface area contributed by atoms with Gasteiger partial charge in [0.15, 0.2) is 11.5 Å². The summed E-state index contributed by atoms with van der Waals surface area (Å²) in [6.07, 6.45) is 3.89. The van der Waals surface area contributed by atoms with Crippen LogP contribution in [0.1, 0.15) is 64.9 Å². The van der Waals surface area contributed by atoms with Crippen molar-refractivity contribution in [3.63, 3.8) is 0 Å². The number of methoxy groups -OCH3 is 2. The second-order valence-electron chi connectivity index (χ2n) is 9.44. The van der Waals surface area contributed by atoms with Crippen molar-refractivity contribution in [1.29, 1.82) is 0 Å². The van der Waals surface area contributed by atoms with E-state index in [4.69, 9.17) is 18.9 Å². The molecule has 1 heterocycles. The normalized spacial score (nSPS) is 24.3. The van der Waals surface area contributed by atoms with Crippen LogP contribution in [0.3, 0.4) is 0 Å². The Kier molecular flexibility index (Phi) is 6.68. The Morgan fingerprint density at radius 3 is 2.39 bits per heavy atom. The van der Waals surface area contributed by atoms with Gasteiger partial charge >= 0.3 is 6.09 Å². The SMILES string of the molecule is COc1ccc(C2C(=C=O)N(C(=O)OC(C)(C)C)CC2(C)OC)cc1OC1CCCC1. The Hall–Kier alpha value is -2.50. The Balaban J connectivity index is 1.98. The molecular weight excluding hydrogens is 398 g/mol. The summed E-state index contributed by atoms with van der Waals surface area (Å²) < 4.78 is 23.1. The van der Waals surface area contributed by atoms with Gasteiger partial charge in [-0.15, -0.1) is 0 Å². The largest absolute Gasteiger partial charge is 0.493 e. The molecule has 0 radical (unpaired) electrons. The first kappa shape index (κ1) is 23.2. The topological polar surface area (TPSA) is 74.3 Å². The molecule has 1 saturated heterocycles. The summed E-state index contributed by atoms with van der Waals surface area (Å²) >= 11 is 0. The summed E-state index contributed by atoms with van der Waals surface area (Å²) in [4.78, 5) is 26.2. The Bertz CT molecular complexity index is 863. The maximum absolute atomic E-state index is 12.8. The maximum Gasteiger partial charge on any atom is 0.415 e. The molecular formula is C24H33NO6. The van der Waals surface area contributed by atoms with Gasteiger partial charge in [0.2, 0.25) is 0 Å². The van der Waals surface area contributed by atoms with E-state index in [0.29, 0.717) is 11.5 Å². The van der Waals surface area contributed by atoms with E-state index in [1.165, 1.54) is 4.90 Å². The molecule has 7 heteroatoms. The lowest BCUT2D eigenvalue weighted by atomic mass is 9.84. The van der Waals surface area contributed by atoms with Gasteiger partial charge in [0, 0.05) is 7.11 Å². The molecule has 1 aliphatic carbocycles. The molecule has 0 N–H and O–H groups in total. The summed E-state index contributed by atoms with van der Waals surface area (Å²) in [6, 6.07) is 5.58. The van der Waals surface area contributed by atoms with Crippen molar-refractivity contribution in [3.05, 3.63) is 29.5 Å². The number of carbonyl (C=O) groups excluding carboxylic acids is 2. The highest BCUT2D eigenvalue weighted by Gasteiger charge is 2.51. The fraction of sp³-hybridized carbons (Fsp3) is 0.625. The zero-order chi connectivity index (χ0) is 22.8. The van der Waals surface area contributed by atoms with Crippen LogP contribution in [0.2, 0.25) is 0 Å². The van der Waals surface area contributed by atoms with E-state index >= 15 is 0 Å². The third-order valence-corrected chi connectivity index (χ3v) is 5.95. The van der Waals surface area contributed by atoms with Crippen LogP contribution in [0.15, 0.2) is 23.9 Å². The molecule has 0 aromatic heterocycles. The standard InChI is InChI=1S/C24H33NO6/c1-23(2,3)31-22(27)25-15-24(4,29-6)21(18(25)14-26)16-11-12-19(28-5)20(13-16)30-17-9-7-8-10-17/h11-13,17,21H,7-10,15H2,1-6H3. The number of ether oxygens (including phenoxy) is 4. The molecule has 1 aromatic carbocycles. The highest BCUT2D eigenvalue weighted by molar-refractivity contribution is 5.77. The van der Waals surface area contributed by atoms with Gasteiger partial charge < -0.3 is 18.9 Å². The summed E-state index contributed by atoms with van der Waals surface area (Å²) in [5.41, 5.74) is -0.532. The van der Waals surface area contributed by atoms with Gasteiger partial charge in [0.25, 0.3) is 0 Å². The molecule has 31 heavy (non-hydrogen) atoms. The fourth-order valence-electron chi connectivity index (χ4n) is 4.37. The van der Waals surface area contributed by atoms with Crippen LogP contribution in [-0.4, -0.2) is 55.0 Å². The molecule has 1 aromatic rings. The van der Waals surface area contributed by atoms with Crippen molar-refractivity contribution in [2.24, 2.45) is 0 Å². The van der Waals surface area contributed by atoms with Gasteiger partial charge in [-0.25, -0.2) is 9.59 Å². The molecule has 1 aliphatic heterocycles. The number of rotatable bonds is 5. The van der Waals surface area contributed by atoms with Crippen LogP contribution < -0.4 is 9.47 Å². The van der Waals surface area contributed by atoms with E-state index in [9.17, 15) is 9.59 Å². The Morgan fingerprint density at radius 2 is 1.84 bits per heavy atom. The highest BCUT2D eigenvalue weighted by atomic mass is 16.6. The van der Waals surface area contributed by atoms with Crippen molar-refractivity contribution >= 4 is 12.0 Å². The van der Waals surface area contributed by atoms with Crippen LogP contribution in [0.25, 0.3) is 0 Å². The minimum Gasteiger partial charge on any atom is -0.493 e. The smallest absolute Gasteiger partial charge is 0.415 e. The lowest BCUT2D eigenvalue weighted by Crippen LogP contribution is -2.39. The van der Waals surface area contributed by atoms with Crippen molar-refractivity contribution in [1.82, 2.24) is 4.90 Å². The average molecular weight is 432 g/mol.